The average Bonchev–Trinajstić information content (AvgIpc) is 2.98. The number of hydrogen-bond donors (Lipinski definition) is 2. The van der Waals surface area contributed by atoms with E-state index in [1.54, 1.807) is 0 Å². The van der Waals surface area contributed by atoms with Gasteiger partial charge in [-0.05, 0) is 43.4 Å². The van der Waals surface area contributed by atoms with Crippen LogP contribution in [0.25, 0.3) is 0 Å². The van der Waals surface area contributed by atoms with Crippen LogP contribution in [-0.2, 0) is 6.18 Å². The van der Waals surface area contributed by atoms with Crippen molar-refractivity contribution in [3.63, 3.8) is 0 Å². The van der Waals surface area contributed by atoms with Gasteiger partial charge in [-0.15, -0.1) is 0 Å². The Balaban J connectivity index is 1.92. The van der Waals surface area contributed by atoms with Crippen molar-refractivity contribution < 1.29 is 18.3 Å². The lowest BCUT2D eigenvalue weighted by atomic mass is 9.99. The molecule has 1 unspecified atom stereocenters. The number of nitrogens with one attached hydrogen (secondary N) is 1. The van der Waals surface area contributed by atoms with E-state index in [4.69, 9.17) is 0 Å². The van der Waals surface area contributed by atoms with Crippen LogP contribution in [0.3, 0.4) is 0 Å². The molecule has 1 aliphatic rings. The van der Waals surface area contributed by atoms with Gasteiger partial charge >= 0.3 is 6.18 Å². The molecule has 1 saturated carbocycles. The fourth-order valence-electron chi connectivity index (χ4n) is 2.96. The maximum atomic E-state index is 12.7. The smallest absolute Gasteiger partial charge is 0.387 e. The predicted molar refractivity (Wildman–Crippen MR) is 75.8 cm³/mol. The quantitative estimate of drug-likeness (QED) is 0.864. The summed E-state index contributed by atoms with van der Waals surface area (Å²) in [4.78, 5) is 0. The summed E-state index contributed by atoms with van der Waals surface area (Å²) >= 11 is 0. The first-order chi connectivity index (χ1) is 9.88. The summed E-state index contributed by atoms with van der Waals surface area (Å²) in [6.45, 7) is 2.35. The van der Waals surface area contributed by atoms with Gasteiger partial charge in [0.05, 0.1) is 11.7 Å². The van der Waals surface area contributed by atoms with Crippen molar-refractivity contribution in [2.75, 3.05) is 6.54 Å². The summed E-state index contributed by atoms with van der Waals surface area (Å²) in [5.41, 5.74) is -0.418. The van der Waals surface area contributed by atoms with Gasteiger partial charge in [-0.1, -0.05) is 25.0 Å². The molecule has 2 N–H and O–H groups in total. The van der Waals surface area contributed by atoms with Crippen molar-refractivity contribution in [2.24, 2.45) is 5.92 Å². The zero-order valence-electron chi connectivity index (χ0n) is 12.2. The molecule has 21 heavy (non-hydrogen) atoms. The Hall–Kier alpha value is -1.07. The minimum Gasteiger partial charge on any atom is -0.387 e. The number of aliphatic hydroxyl groups excluding tert-OH is 1. The molecule has 5 heteroatoms. The van der Waals surface area contributed by atoms with Crippen molar-refractivity contribution in [2.45, 2.75) is 50.9 Å². The number of aliphatic hydroxyl groups is 1. The van der Waals surface area contributed by atoms with Gasteiger partial charge in [0.1, 0.15) is 0 Å². The van der Waals surface area contributed by atoms with Crippen LogP contribution in [0.5, 0.6) is 0 Å². The second kappa shape index (κ2) is 6.79. The Bertz CT molecular complexity index is 455. The van der Waals surface area contributed by atoms with Crippen LogP contribution in [0, 0.1) is 5.92 Å². The van der Waals surface area contributed by atoms with Crippen LogP contribution in [0.1, 0.15) is 49.8 Å². The molecule has 1 aromatic rings. The van der Waals surface area contributed by atoms with Gasteiger partial charge in [0.15, 0.2) is 0 Å². The summed E-state index contributed by atoms with van der Waals surface area (Å²) in [6, 6.07) is 5.19. The van der Waals surface area contributed by atoms with E-state index < -0.39 is 17.8 Å². The Morgan fingerprint density at radius 1 is 1.29 bits per heavy atom. The third kappa shape index (κ3) is 4.45. The van der Waals surface area contributed by atoms with Crippen LogP contribution in [0.15, 0.2) is 24.3 Å². The van der Waals surface area contributed by atoms with E-state index in [0.29, 0.717) is 11.5 Å². The molecule has 0 aliphatic heterocycles. The number of rotatable bonds is 5. The highest BCUT2D eigenvalue weighted by atomic mass is 19.4. The lowest BCUT2D eigenvalue weighted by Crippen LogP contribution is -2.35. The third-order valence-corrected chi connectivity index (χ3v) is 4.34. The largest absolute Gasteiger partial charge is 0.416 e. The minimum atomic E-state index is -4.37. The topological polar surface area (TPSA) is 32.3 Å². The fraction of sp³-hybridized carbons (Fsp3) is 0.625. The zero-order chi connectivity index (χ0) is 15.5. The Labute approximate surface area is 123 Å². The number of hydrogen-bond acceptors (Lipinski definition) is 2. The molecule has 0 radical (unpaired) electrons. The summed E-state index contributed by atoms with van der Waals surface area (Å²) in [6.07, 6.45) is -0.432. The molecule has 118 valence electrons. The standard InChI is InChI=1S/C16H22F3NO/c1-11(12-5-2-3-6-12)20-10-15(21)13-7-4-8-14(9-13)16(17,18)19/h4,7-9,11-12,15,20-21H,2-3,5-6,10H2,1H3/t11-,15?/m0/s1. The van der Waals surface area contributed by atoms with Gasteiger partial charge in [-0.2, -0.15) is 13.2 Å². The van der Waals surface area contributed by atoms with Crippen molar-refractivity contribution >= 4 is 0 Å². The average molecular weight is 301 g/mol. The van der Waals surface area contributed by atoms with Gasteiger partial charge in [0.2, 0.25) is 0 Å². The normalized spacial score (nSPS) is 19.7. The van der Waals surface area contributed by atoms with E-state index in [1.165, 1.54) is 37.8 Å². The molecule has 1 aliphatic carbocycles. The van der Waals surface area contributed by atoms with E-state index in [-0.39, 0.29) is 12.6 Å². The van der Waals surface area contributed by atoms with Crippen LogP contribution in [0.4, 0.5) is 13.2 Å². The van der Waals surface area contributed by atoms with E-state index in [9.17, 15) is 18.3 Å². The highest BCUT2D eigenvalue weighted by Crippen LogP contribution is 2.31. The lowest BCUT2D eigenvalue weighted by molar-refractivity contribution is -0.137. The Morgan fingerprint density at radius 2 is 1.95 bits per heavy atom. The highest BCUT2D eigenvalue weighted by molar-refractivity contribution is 5.27. The summed E-state index contributed by atoms with van der Waals surface area (Å²) in [7, 11) is 0. The molecule has 2 atom stereocenters. The maximum Gasteiger partial charge on any atom is 0.416 e. The molecule has 0 spiro atoms. The second-order valence-corrected chi connectivity index (χ2v) is 5.88. The summed E-state index contributed by atoms with van der Waals surface area (Å²) in [5.74, 6) is 0.610. The van der Waals surface area contributed by atoms with E-state index >= 15 is 0 Å². The molecule has 0 saturated heterocycles. The van der Waals surface area contributed by atoms with E-state index in [0.717, 1.165) is 12.1 Å². The highest BCUT2D eigenvalue weighted by Gasteiger charge is 2.31. The SMILES string of the molecule is C[C@H](NCC(O)c1cccc(C(F)(F)F)c1)C1CCCC1. The second-order valence-electron chi connectivity index (χ2n) is 5.88. The number of alkyl halides is 3. The molecule has 0 amide bonds. The van der Waals surface area contributed by atoms with Crippen LogP contribution in [0.2, 0.25) is 0 Å². The van der Waals surface area contributed by atoms with Crippen molar-refractivity contribution in [1.82, 2.24) is 5.32 Å². The maximum absolute atomic E-state index is 12.7. The monoisotopic (exact) mass is 301 g/mol. The molecule has 2 rings (SSSR count). The molecule has 0 aromatic heterocycles. The van der Waals surface area contributed by atoms with Gasteiger partial charge in [-0.3, -0.25) is 0 Å². The third-order valence-electron chi connectivity index (χ3n) is 4.34. The van der Waals surface area contributed by atoms with Crippen LogP contribution < -0.4 is 5.32 Å². The first-order valence-corrected chi connectivity index (χ1v) is 7.46. The Kier molecular flexibility index (Phi) is 5.27. The zero-order valence-corrected chi connectivity index (χ0v) is 12.2. The molecule has 0 heterocycles. The fourth-order valence-corrected chi connectivity index (χ4v) is 2.96. The van der Waals surface area contributed by atoms with Crippen molar-refractivity contribution in [1.29, 1.82) is 0 Å². The van der Waals surface area contributed by atoms with Crippen LogP contribution >= 0.6 is 0 Å². The predicted octanol–water partition coefficient (Wildman–Crippen LogP) is 3.91. The molecule has 1 fully saturated rings. The van der Waals surface area contributed by atoms with Crippen LogP contribution in [-0.4, -0.2) is 17.7 Å². The lowest BCUT2D eigenvalue weighted by Gasteiger charge is -2.22. The minimum absolute atomic E-state index is 0.277. The van der Waals surface area contributed by atoms with Gasteiger partial charge in [0.25, 0.3) is 0 Å². The summed E-state index contributed by atoms with van der Waals surface area (Å²) in [5, 5.41) is 13.3. The summed E-state index contributed by atoms with van der Waals surface area (Å²) < 4.78 is 38.0. The Morgan fingerprint density at radius 3 is 2.57 bits per heavy atom. The van der Waals surface area contributed by atoms with Gasteiger partial charge < -0.3 is 10.4 Å². The molecular formula is C16H22F3NO. The molecular weight excluding hydrogens is 279 g/mol. The molecule has 1 aromatic carbocycles. The first-order valence-electron chi connectivity index (χ1n) is 7.46. The number of halogens is 3. The molecule has 2 nitrogen and oxygen atoms in total. The first kappa shape index (κ1) is 16.3. The van der Waals surface area contributed by atoms with Crippen molar-refractivity contribution in [3.05, 3.63) is 35.4 Å². The molecule has 0 bridgehead atoms. The van der Waals surface area contributed by atoms with Crippen molar-refractivity contribution in [3.8, 4) is 0 Å². The van der Waals surface area contributed by atoms with Gasteiger partial charge in [-0.25, -0.2) is 0 Å². The van der Waals surface area contributed by atoms with E-state index in [1.807, 2.05) is 0 Å². The van der Waals surface area contributed by atoms with E-state index in [2.05, 4.69) is 12.2 Å². The van der Waals surface area contributed by atoms with Gasteiger partial charge in [0, 0.05) is 12.6 Å². The number of benzene rings is 1.